The van der Waals surface area contributed by atoms with Gasteiger partial charge in [-0.1, -0.05) is 73.1 Å². The lowest BCUT2D eigenvalue weighted by molar-refractivity contribution is -0.153. The van der Waals surface area contributed by atoms with Crippen LogP contribution in [0.1, 0.15) is 116 Å². The van der Waals surface area contributed by atoms with E-state index < -0.39 is 53.1 Å². The first-order valence-corrected chi connectivity index (χ1v) is 18.6. The lowest BCUT2D eigenvalue weighted by Gasteiger charge is -2.39. The number of fused-ring (bicyclic) bond motifs is 2. The van der Waals surface area contributed by atoms with Crippen LogP contribution in [0.2, 0.25) is 0 Å². The Labute approximate surface area is 295 Å². The fourth-order valence-electron chi connectivity index (χ4n) is 7.94. The van der Waals surface area contributed by atoms with Gasteiger partial charge in [0.2, 0.25) is 23.5 Å². The normalized spacial score (nSPS) is 24.5. The molecule has 0 aromatic carbocycles. The molecular formula is C37H55N7O6. The molecule has 13 heteroatoms. The molecule has 50 heavy (non-hydrogen) atoms. The summed E-state index contributed by atoms with van der Waals surface area (Å²) in [6.45, 7) is 10.2. The number of likely N-dealkylation sites (tertiary alicyclic amines) is 2. The van der Waals surface area contributed by atoms with Crippen LogP contribution in [-0.2, 0) is 24.0 Å². The maximum absolute atomic E-state index is 14.6. The van der Waals surface area contributed by atoms with E-state index in [0.717, 1.165) is 44.9 Å². The zero-order valence-electron chi connectivity index (χ0n) is 30.3. The highest BCUT2D eigenvalue weighted by Gasteiger charge is 2.53. The third-order valence-corrected chi connectivity index (χ3v) is 11.1. The number of carbonyl (C=O) groups is 6. The van der Waals surface area contributed by atoms with E-state index in [9.17, 15) is 28.8 Å². The van der Waals surface area contributed by atoms with Gasteiger partial charge in [0, 0.05) is 31.5 Å². The van der Waals surface area contributed by atoms with Crippen molar-refractivity contribution in [2.24, 2.45) is 23.2 Å². The number of carbonyl (C=O) groups excluding carboxylic acids is 6. The zero-order valence-corrected chi connectivity index (χ0v) is 30.3. The molecule has 2 aliphatic carbocycles. The highest BCUT2D eigenvalue weighted by atomic mass is 16.2. The number of ketones is 1. The monoisotopic (exact) mass is 693 g/mol. The first kappa shape index (κ1) is 37.4. The maximum Gasteiger partial charge on any atom is 0.289 e. The van der Waals surface area contributed by atoms with Crippen LogP contribution in [-0.4, -0.2) is 98.4 Å². The molecule has 1 aromatic heterocycles. The van der Waals surface area contributed by atoms with E-state index in [1.165, 1.54) is 23.5 Å². The molecule has 5 rings (SSSR count). The molecule has 3 N–H and O–H groups in total. The third-order valence-electron chi connectivity index (χ3n) is 11.1. The summed E-state index contributed by atoms with van der Waals surface area (Å²) in [6.07, 6.45) is 13.1. The summed E-state index contributed by atoms with van der Waals surface area (Å²) in [5.41, 5.74) is -0.642. The first-order valence-electron chi connectivity index (χ1n) is 18.6. The average molecular weight is 694 g/mol. The summed E-state index contributed by atoms with van der Waals surface area (Å²) < 4.78 is 0. The number of Topliss-reactive ketones (excluding diaryl/α,β-unsaturated/α-hetero) is 1. The van der Waals surface area contributed by atoms with E-state index in [1.54, 1.807) is 4.90 Å². The molecule has 0 spiro atoms. The van der Waals surface area contributed by atoms with Crippen LogP contribution in [0.4, 0.5) is 0 Å². The molecule has 6 atom stereocenters. The molecule has 2 saturated carbocycles. The number of amides is 5. The molecule has 4 fully saturated rings. The maximum atomic E-state index is 14.6. The van der Waals surface area contributed by atoms with Crippen molar-refractivity contribution in [2.75, 3.05) is 13.1 Å². The van der Waals surface area contributed by atoms with Gasteiger partial charge in [-0.25, -0.2) is 4.98 Å². The Morgan fingerprint density at radius 1 is 0.980 bits per heavy atom. The molecule has 1 aromatic rings. The van der Waals surface area contributed by atoms with Gasteiger partial charge in [-0.05, 0) is 55.3 Å². The van der Waals surface area contributed by atoms with Crippen molar-refractivity contribution < 1.29 is 28.8 Å². The smallest absolute Gasteiger partial charge is 0.289 e. The van der Waals surface area contributed by atoms with Crippen LogP contribution >= 0.6 is 0 Å². The van der Waals surface area contributed by atoms with Gasteiger partial charge in [0.25, 0.3) is 11.8 Å². The van der Waals surface area contributed by atoms with Gasteiger partial charge in [-0.15, -0.1) is 0 Å². The second-order valence-corrected chi connectivity index (χ2v) is 16.0. The summed E-state index contributed by atoms with van der Waals surface area (Å²) in [4.78, 5) is 93.7. The number of hydrogen-bond donors (Lipinski definition) is 3. The van der Waals surface area contributed by atoms with E-state index in [4.69, 9.17) is 0 Å². The van der Waals surface area contributed by atoms with Crippen molar-refractivity contribution in [3.8, 4) is 0 Å². The van der Waals surface area contributed by atoms with E-state index in [1.807, 2.05) is 34.6 Å². The van der Waals surface area contributed by atoms with Gasteiger partial charge < -0.3 is 25.8 Å². The fraction of sp³-hybridized carbons (Fsp3) is 0.730. The summed E-state index contributed by atoms with van der Waals surface area (Å²) in [5.74, 6) is -2.85. The van der Waals surface area contributed by atoms with Crippen molar-refractivity contribution in [1.82, 2.24) is 35.7 Å². The van der Waals surface area contributed by atoms with Gasteiger partial charge in [-0.3, -0.25) is 33.8 Å². The van der Waals surface area contributed by atoms with Crippen molar-refractivity contribution in [3.05, 3.63) is 24.3 Å². The van der Waals surface area contributed by atoms with Crippen LogP contribution in [0.5, 0.6) is 0 Å². The minimum absolute atomic E-state index is 0.0113. The predicted octanol–water partition coefficient (Wildman–Crippen LogP) is 2.79. The van der Waals surface area contributed by atoms with Crippen molar-refractivity contribution in [2.45, 2.75) is 135 Å². The van der Waals surface area contributed by atoms with Gasteiger partial charge in [0.15, 0.2) is 0 Å². The van der Waals surface area contributed by atoms with Gasteiger partial charge in [-0.2, -0.15) is 0 Å². The van der Waals surface area contributed by atoms with Gasteiger partial charge in [0.1, 0.15) is 29.9 Å². The second-order valence-electron chi connectivity index (χ2n) is 16.0. The zero-order chi connectivity index (χ0) is 36.2. The Kier molecular flexibility index (Phi) is 11.9. The van der Waals surface area contributed by atoms with Crippen LogP contribution < -0.4 is 16.0 Å². The lowest BCUT2D eigenvalue weighted by atomic mass is 9.83. The Bertz CT molecular complexity index is 1420. The number of rotatable bonds is 13. The molecule has 2 aliphatic heterocycles. The molecular weight excluding hydrogens is 638 g/mol. The van der Waals surface area contributed by atoms with E-state index in [-0.39, 0.29) is 41.3 Å². The minimum Gasteiger partial charge on any atom is -0.347 e. The molecule has 2 bridgehead atoms. The van der Waals surface area contributed by atoms with Crippen molar-refractivity contribution in [1.29, 1.82) is 0 Å². The molecule has 4 aliphatic rings. The standard InChI is InChI=1S/C37H55N7O6/c1-6-10-28(30(45)34(48)40-25-13-14-25)43-18-15-24-21-44(29(22(24)2)35(43)49)36(50)31(37(3,4)5)42-32(46)26(19-23-11-8-7-9-12-23)41-33(47)27-20-38-16-17-39-27/h16-17,20,22-26,28-29,31H,6-15,18-19,21H2,1-5H3,(H,40,48)(H,41,47)(H,42,46)/t22-,24-,26-,28-,29-,31+/m0/s1. The van der Waals surface area contributed by atoms with Crippen LogP contribution in [0, 0.1) is 23.2 Å². The Balaban J connectivity index is 1.36. The largest absolute Gasteiger partial charge is 0.347 e. The quantitative estimate of drug-likeness (QED) is 0.265. The molecule has 3 heterocycles. The molecule has 274 valence electrons. The number of nitrogens with zero attached hydrogens (tertiary/aromatic N) is 4. The van der Waals surface area contributed by atoms with E-state index in [0.29, 0.717) is 38.8 Å². The highest BCUT2D eigenvalue weighted by molar-refractivity contribution is 6.38. The van der Waals surface area contributed by atoms with Crippen molar-refractivity contribution in [3.63, 3.8) is 0 Å². The van der Waals surface area contributed by atoms with Crippen LogP contribution in [0.25, 0.3) is 0 Å². The summed E-state index contributed by atoms with van der Waals surface area (Å²) in [5, 5.41) is 8.64. The van der Waals surface area contributed by atoms with E-state index in [2.05, 4.69) is 25.9 Å². The average Bonchev–Trinajstić information content (AvgIpc) is 3.86. The first-order chi connectivity index (χ1) is 23.8. The number of nitrogens with one attached hydrogen (secondary N) is 3. The molecule has 13 nitrogen and oxygen atoms in total. The Morgan fingerprint density at radius 2 is 1.70 bits per heavy atom. The Hall–Kier alpha value is -3.90. The van der Waals surface area contributed by atoms with Gasteiger partial charge in [0.05, 0.1) is 6.20 Å². The molecule has 0 unspecified atom stereocenters. The fourth-order valence-corrected chi connectivity index (χ4v) is 7.94. The summed E-state index contributed by atoms with van der Waals surface area (Å²) >= 11 is 0. The minimum atomic E-state index is -0.996. The second kappa shape index (κ2) is 16.0. The van der Waals surface area contributed by atoms with Crippen LogP contribution in [0.3, 0.4) is 0 Å². The summed E-state index contributed by atoms with van der Waals surface area (Å²) in [7, 11) is 0. The lowest BCUT2D eigenvalue weighted by Crippen LogP contribution is -2.62. The summed E-state index contributed by atoms with van der Waals surface area (Å²) in [6, 6.07) is -3.60. The predicted molar refractivity (Wildman–Crippen MR) is 185 cm³/mol. The topological polar surface area (TPSA) is 171 Å². The van der Waals surface area contributed by atoms with Crippen LogP contribution in [0.15, 0.2) is 18.6 Å². The number of aromatic nitrogens is 2. The van der Waals surface area contributed by atoms with E-state index >= 15 is 0 Å². The molecule has 5 amide bonds. The molecule has 0 radical (unpaired) electrons. The SMILES string of the molecule is CCC[C@@H](C(=O)C(=O)NC1CC1)N1CC[C@H]2CN(C(=O)[C@@H](NC(=O)[C@H](CC3CCCCC3)NC(=O)c3cnccn3)C(C)(C)C)[C@H](C1=O)[C@H]2C. The number of hydrogen-bond acceptors (Lipinski definition) is 8. The third kappa shape index (κ3) is 8.69. The Morgan fingerprint density at radius 3 is 2.32 bits per heavy atom. The van der Waals surface area contributed by atoms with Gasteiger partial charge >= 0.3 is 0 Å². The highest BCUT2D eigenvalue weighted by Crippen LogP contribution is 2.38. The van der Waals surface area contributed by atoms with Crippen molar-refractivity contribution >= 4 is 35.3 Å². The molecule has 2 saturated heterocycles.